The van der Waals surface area contributed by atoms with Gasteiger partial charge in [0.25, 0.3) is 5.56 Å². The van der Waals surface area contributed by atoms with Crippen LogP contribution in [0.2, 0.25) is 0 Å². The highest BCUT2D eigenvalue weighted by atomic mass is 32.1. The van der Waals surface area contributed by atoms with E-state index in [1.165, 1.54) is 23.5 Å². The van der Waals surface area contributed by atoms with Crippen molar-refractivity contribution in [1.29, 1.82) is 5.26 Å². The minimum atomic E-state index is -0.335. The number of benzene rings is 2. The molecule has 35 heavy (non-hydrogen) atoms. The van der Waals surface area contributed by atoms with E-state index in [0.717, 1.165) is 12.0 Å². The summed E-state index contributed by atoms with van der Waals surface area (Å²) in [5.41, 5.74) is 2.33. The molecule has 9 heteroatoms. The number of hydrogen-bond donors (Lipinski definition) is 1. The van der Waals surface area contributed by atoms with Crippen molar-refractivity contribution < 1.29 is 9.18 Å². The summed E-state index contributed by atoms with van der Waals surface area (Å²) in [7, 11) is 0. The molecule has 1 saturated heterocycles. The van der Waals surface area contributed by atoms with Crippen molar-refractivity contribution in [3.05, 3.63) is 87.3 Å². The highest BCUT2D eigenvalue weighted by molar-refractivity contribution is 7.17. The second-order valence-electron chi connectivity index (χ2n) is 8.53. The Morgan fingerprint density at radius 2 is 2.06 bits per heavy atom. The van der Waals surface area contributed by atoms with E-state index < -0.39 is 0 Å². The van der Waals surface area contributed by atoms with Crippen LogP contribution < -0.4 is 15.8 Å². The zero-order valence-electron chi connectivity index (χ0n) is 18.8. The van der Waals surface area contributed by atoms with Gasteiger partial charge < -0.3 is 10.2 Å². The first-order valence-electron chi connectivity index (χ1n) is 11.3. The fourth-order valence-electron chi connectivity index (χ4n) is 4.37. The number of rotatable bonds is 5. The molecule has 1 aliphatic rings. The number of thiophene rings is 1. The fraction of sp³-hybridized carbons (Fsp3) is 0.231. The summed E-state index contributed by atoms with van der Waals surface area (Å²) in [5, 5.41) is 13.9. The van der Waals surface area contributed by atoms with E-state index >= 15 is 0 Å². The molecule has 4 aromatic rings. The maximum absolute atomic E-state index is 13.4. The Hall–Kier alpha value is -4.03. The number of fused-ring (bicyclic) bond motifs is 1. The van der Waals surface area contributed by atoms with Crippen molar-refractivity contribution in [2.24, 2.45) is 5.92 Å². The summed E-state index contributed by atoms with van der Waals surface area (Å²) in [4.78, 5) is 33.2. The van der Waals surface area contributed by atoms with Gasteiger partial charge in [0.15, 0.2) is 0 Å². The first-order valence-corrected chi connectivity index (χ1v) is 12.2. The van der Waals surface area contributed by atoms with E-state index in [0.29, 0.717) is 46.9 Å². The number of nitriles is 1. The molecule has 2 aromatic carbocycles. The molecular formula is C26H22FN5O2S. The lowest BCUT2D eigenvalue weighted by atomic mass is 9.97. The number of nitrogens with zero attached hydrogens (tertiary/aromatic N) is 4. The minimum Gasteiger partial charge on any atom is -0.341 e. The monoisotopic (exact) mass is 487 g/mol. The lowest BCUT2D eigenvalue weighted by Crippen LogP contribution is -2.43. The smallest absolute Gasteiger partial charge is 0.273 e. The first kappa shape index (κ1) is 22.7. The third-order valence-electron chi connectivity index (χ3n) is 6.13. The molecule has 2 aromatic heterocycles. The van der Waals surface area contributed by atoms with Gasteiger partial charge in [-0.2, -0.15) is 5.26 Å². The van der Waals surface area contributed by atoms with E-state index in [1.807, 2.05) is 16.3 Å². The van der Waals surface area contributed by atoms with Gasteiger partial charge in [-0.25, -0.2) is 9.37 Å². The largest absolute Gasteiger partial charge is 0.341 e. The predicted octanol–water partition coefficient (Wildman–Crippen LogP) is 4.37. The van der Waals surface area contributed by atoms with Crippen LogP contribution in [0.4, 0.5) is 16.0 Å². The summed E-state index contributed by atoms with van der Waals surface area (Å²) < 4.78 is 15.6. The third kappa shape index (κ3) is 4.79. The molecule has 1 N–H and O–H groups in total. The van der Waals surface area contributed by atoms with Gasteiger partial charge in [-0.15, -0.1) is 11.3 Å². The summed E-state index contributed by atoms with van der Waals surface area (Å²) in [5.74, 6) is -0.259. The van der Waals surface area contributed by atoms with Crippen molar-refractivity contribution in [1.82, 2.24) is 9.55 Å². The summed E-state index contributed by atoms with van der Waals surface area (Å²) >= 11 is 1.34. The average Bonchev–Trinajstić information content (AvgIpc) is 3.36. The molecule has 1 fully saturated rings. The van der Waals surface area contributed by atoms with Crippen molar-refractivity contribution in [3.63, 3.8) is 0 Å². The lowest BCUT2D eigenvalue weighted by molar-refractivity contribution is -0.120. The number of piperidine rings is 1. The second kappa shape index (κ2) is 9.68. The number of amides is 1. The van der Waals surface area contributed by atoms with Crippen LogP contribution in [0, 0.1) is 23.1 Å². The van der Waals surface area contributed by atoms with Crippen LogP contribution in [-0.2, 0) is 11.3 Å². The van der Waals surface area contributed by atoms with Crippen LogP contribution in [0.5, 0.6) is 0 Å². The van der Waals surface area contributed by atoms with Gasteiger partial charge in [-0.1, -0.05) is 18.2 Å². The van der Waals surface area contributed by atoms with E-state index in [1.54, 1.807) is 41.0 Å². The van der Waals surface area contributed by atoms with E-state index in [4.69, 9.17) is 10.2 Å². The Bertz CT molecular complexity index is 1490. The number of hydrogen-bond acceptors (Lipinski definition) is 6. The Balaban J connectivity index is 1.43. The Kier molecular flexibility index (Phi) is 6.29. The van der Waals surface area contributed by atoms with Gasteiger partial charge >= 0.3 is 0 Å². The van der Waals surface area contributed by atoms with E-state index in [-0.39, 0.29) is 29.7 Å². The van der Waals surface area contributed by atoms with E-state index in [9.17, 15) is 14.0 Å². The molecule has 0 spiro atoms. The standard InChI is InChI=1S/C26H22FN5O2S/c27-20-8-6-17(7-9-20)15-32-25(34)23-22(10-12-35-23)30-26(32)31-11-2-4-19(16-31)24(33)29-21-5-1-3-18(13-21)14-28/h1,3,5-10,12-13,19H,2,4,11,15-16H2,(H,29,33)/t19-/m0/s1. The Labute approximate surface area is 205 Å². The lowest BCUT2D eigenvalue weighted by Gasteiger charge is -2.34. The van der Waals surface area contributed by atoms with Crippen LogP contribution in [0.15, 0.2) is 64.8 Å². The minimum absolute atomic E-state index is 0.131. The third-order valence-corrected chi connectivity index (χ3v) is 7.03. The van der Waals surface area contributed by atoms with Crippen molar-refractivity contribution in [2.75, 3.05) is 23.3 Å². The Morgan fingerprint density at radius 3 is 2.86 bits per heavy atom. The highest BCUT2D eigenvalue weighted by Crippen LogP contribution is 2.26. The number of halogens is 1. The van der Waals surface area contributed by atoms with Crippen molar-refractivity contribution in [3.8, 4) is 6.07 Å². The fourth-order valence-corrected chi connectivity index (χ4v) is 5.15. The van der Waals surface area contributed by atoms with Crippen LogP contribution in [0.25, 0.3) is 10.2 Å². The number of carbonyl (C=O) groups excluding carboxylic acids is 1. The predicted molar refractivity (Wildman–Crippen MR) is 134 cm³/mol. The molecule has 0 saturated carbocycles. The molecule has 3 heterocycles. The SMILES string of the molecule is N#Cc1cccc(NC(=O)[C@H]2CCCN(c3nc4ccsc4c(=O)n3Cc3ccc(F)cc3)C2)c1. The average molecular weight is 488 g/mol. The molecule has 5 rings (SSSR count). The van der Waals surface area contributed by atoms with Gasteiger partial charge in [0.1, 0.15) is 10.5 Å². The zero-order valence-corrected chi connectivity index (χ0v) is 19.6. The van der Waals surface area contributed by atoms with Crippen LogP contribution in [0.3, 0.4) is 0 Å². The van der Waals surface area contributed by atoms with Gasteiger partial charge in [0.05, 0.1) is 29.6 Å². The molecule has 0 radical (unpaired) electrons. The molecular weight excluding hydrogens is 465 g/mol. The normalized spacial score (nSPS) is 15.7. The maximum atomic E-state index is 13.4. The molecule has 7 nitrogen and oxygen atoms in total. The van der Waals surface area contributed by atoms with Crippen molar-refractivity contribution >= 4 is 39.1 Å². The second-order valence-corrected chi connectivity index (χ2v) is 9.45. The highest BCUT2D eigenvalue weighted by Gasteiger charge is 2.29. The van der Waals surface area contributed by atoms with Gasteiger partial charge in [0, 0.05) is 18.8 Å². The Morgan fingerprint density at radius 1 is 1.23 bits per heavy atom. The molecule has 0 bridgehead atoms. The summed E-state index contributed by atoms with van der Waals surface area (Å²) in [6.45, 7) is 1.33. The first-order chi connectivity index (χ1) is 17.0. The molecule has 176 valence electrons. The zero-order chi connectivity index (χ0) is 24.4. The summed E-state index contributed by atoms with van der Waals surface area (Å²) in [6.07, 6.45) is 1.48. The molecule has 0 unspecified atom stereocenters. The van der Waals surface area contributed by atoms with E-state index in [2.05, 4.69) is 11.4 Å². The van der Waals surface area contributed by atoms with Gasteiger partial charge in [-0.05, 0) is 60.2 Å². The maximum Gasteiger partial charge on any atom is 0.273 e. The number of carbonyl (C=O) groups is 1. The van der Waals surface area contributed by atoms with Gasteiger partial charge in [-0.3, -0.25) is 14.2 Å². The molecule has 0 aliphatic carbocycles. The number of aromatic nitrogens is 2. The van der Waals surface area contributed by atoms with Crippen LogP contribution in [-0.4, -0.2) is 28.5 Å². The number of anilines is 2. The summed E-state index contributed by atoms with van der Waals surface area (Å²) in [6, 6.07) is 16.8. The quantitative estimate of drug-likeness (QED) is 0.451. The molecule has 1 amide bonds. The number of nitrogens with one attached hydrogen (secondary N) is 1. The van der Waals surface area contributed by atoms with Gasteiger partial charge in [0.2, 0.25) is 11.9 Å². The molecule has 1 aliphatic heterocycles. The van der Waals surface area contributed by atoms with Crippen LogP contribution in [0.1, 0.15) is 24.0 Å². The van der Waals surface area contributed by atoms with Crippen molar-refractivity contribution in [2.45, 2.75) is 19.4 Å². The molecule has 1 atom stereocenters. The van der Waals surface area contributed by atoms with Crippen LogP contribution >= 0.6 is 11.3 Å². The topological polar surface area (TPSA) is 91.0 Å².